The van der Waals surface area contributed by atoms with Crippen molar-refractivity contribution in [2.24, 2.45) is 22.9 Å². The Hall–Kier alpha value is -6.85. The van der Waals surface area contributed by atoms with Crippen LogP contribution in [0.15, 0.2) is 139 Å². The number of carbonyl (C=O) groups is 1. The van der Waals surface area contributed by atoms with E-state index < -0.39 is 22.7 Å². The molecule has 1 aliphatic heterocycles. The lowest BCUT2D eigenvalue weighted by atomic mass is 9.55. The third-order valence-electron chi connectivity index (χ3n) is 13.2. The summed E-state index contributed by atoms with van der Waals surface area (Å²) in [5, 5.41) is 47.8. The number of carbonyl (C=O) groups excluding carboxylic acids is 1. The predicted octanol–water partition coefficient (Wildman–Crippen LogP) is 10.0. The van der Waals surface area contributed by atoms with E-state index in [-0.39, 0.29) is 62.2 Å². The maximum absolute atomic E-state index is 14.7. The number of nitro groups is 1. The first-order valence-corrected chi connectivity index (χ1v) is 22.6. The minimum atomic E-state index is -1.47. The average molecular weight is 891 g/mol. The van der Waals surface area contributed by atoms with E-state index in [2.05, 4.69) is 30.9 Å². The normalized spacial score (nSPS) is 22.2. The van der Waals surface area contributed by atoms with E-state index in [9.17, 15) is 30.4 Å². The van der Waals surface area contributed by atoms with E-state index in [0.29, 0.717) is 52.5 Å². The molecule has 8 rings (SSSR count). The van der Waals surface area contributed by atoms with Crippen LogP contribution in [-0.4, -0.2) is 70.4 Å². The lowest BCUT2D eigenvalue weighted by molar-refractivity contribution is -0.384. The zero-order valence-electron chi connectivity index (χ0n) is 37.0. The highest BCUT2D eigenvalue weighted by Crippen LogP contribution is 2.62. The van der Waals surface area contributed by atoms with Crippen LogP contribution in [0.4, 0.5) is 5.69 Å². The summed E-state index contributed by atoms with van der Waals surface area (Å²) in [4.78, 5) is 33.4. The fourth-order valence-corrected chi connectivity index (χ4v) is 10.1. The highest BCUT2D eigenvalue weighted by molar-refractivity contribution is 6.03. The first-order valence-electron chi connectivity index (χ1n) is 22.6. The van der Waals surface area contributed by atoms with Gasteiger partial charge in [-0.1, -0.05) is 60.5 Å². The van der Waals surface area contributed by atoms with Crippen molar-refractivity contribution in [3.05, 3.63) is 166 Å². The number of aliphatic hydroxyl groups is 2. The molecule has 340 valence electrons. The van der Waals surface area contributed by atoms with Gasteiger partial charge in [-0.3, -0.25) is 14.9 Å². The van der Waals surface area contributed by atoms with Crippen LogP contribution in [0.1, 0.15) is 77.9 Å². The second kappa shape index (κ2) is 20.5. The quantitative estimate of drug-likeness (QED) is 0.0351. The van der Waals surface area contributed by atoms with Gasteiger partial charge in [-0.15, -0.1) is 6.58 Å². The highest BCUT2D eigenvalue weighted by Gasteiger charge is 2.65. The van der Waals surface area contributed by atoms with Crippen molar-refractivity contribution < 1.29 is 39.0 Å². The third-order valence-corrected chi connectivity index (χ3v) is 13.2. The summed E-state index contributed by atoms with van der Waals surface area (Å²) in [6.07, 6.45) is 8.43. The largest absolute Gasteiger partial charge is 0.459 e. The fraction of sp³-hybridized carbons (Fsp3) is 0.340. The van der Waals surface area contributed by atoms with Crippen LogP contribution in [0, 0.1) is 39.2 Å². The van der Waals surface area contributed by atoms with Crippen LogP contribution < -0.4 is 9.47 Å². The van der Waals surface area contributed by atoms with E-state index in [0.717, 1.165) is 47.6 Å². The molecule has 2 N–H and O–H groups in total. The number of nitriles is 1. The number of hydrogen-bond donors (Lipinski definition) is 2. The average Bonchev–Trinajstić information content (AvgIpc) is 3.34. The van der Waals surface area contributed by atoms with Crippen molar-refractivity contribution in [3.63, 3.8) is 0 Å². The number of oxime groups is 1. The number of amides is 1. The molecule has 6 unspecified atom stereocenters. The van der Waals surface area contributed by atoms with Crippen LogP contribution in [0.5, 0.6) is 17.2 Å². The van der Waals surface area contributed by atoms with Crippen LogP contribution >= 0.6 is 0 Å². The Kier molecular flexibility index (Phi) is 14.2. The standard InChI is InChI=1S/C53H54N4O9/c1-3-28-63-53-49(56(2)52(60)38-18-14-35(33-54)15-19-38)32-47(55-64-34-36-16-21-41(22-17-36)57(61)62)45-30-40(12-6-8-26-58)44(13-7-9-27-59)50(51(45)53)46-31-43(24-25-48(46)66-53)65-42-23-20-37-10-4-5-11-39(37)29-42/h3-5,10-11,14-25,29-31,40,44,49-51,58-59H,1,6-9,12-13,26-28,32,34H2,2H3. The number of unbranched alkanes of at least 4 members (excludes halogenated alkanes) is 2. The molecule has 5 aromatic carbocycles. The Morgan fingerprint density at radius 3 is 2.38 bits per heavy atom. The molecule has 1 saturated carbocycles. The van der Waals surface area contributed by atoms with Gasteiger partial charge in [0.05, 0.1) is 34.8 Å². The van der Waals surface area contributed by atoms with E-state index in [1.165, 1.54) is 12.1 Å². The van der Waals surface area contributed by atoms with Gasteiger partial charge in [0, 0.05) is 55.9 Å². The van der Waals surface area contributed by atoms with Gasteiger partial charge in [0.25, 0.3) is 11.6 Å². The number of rotatable bonds is 19. The van der Waals surface area contributed by atoms with Crippen LogP contribution in [-0.2, 0) is 16.2 Å². The van der Waals surface area contributed by atoms with Gasteiger partial charge >= 0.3 is 0 Å². The number of nitrogens with zero attached hydrogens (tertiary/aromatic N) is 4. The second-order valence-corrected chi connectivity index (χ2v) is 17.2. The Labute approximate surface area is 384 Å². The monoisotopic (exact) mass is 890 g/mol. The summed E-state index contributed by atoms with van der Waals surface area (Å²) in [7, 11) is 1.72. The van der Waals surface area contributed by atoms with Gasteiger partial charge in [0.15, 0.2) is 0 Å². The van der Waals surface area contributed by atoms with Gasteiger partial charge in [-0.25, -0.2) is 0 Å². The molecule has 0 spiro atoms. The summed E-state index contributed by atoms with van der Waals surface area (Å²) in [5.74, 6) is -0.722. The van der Waals surface area contributed by atoms with Crippen LogP contribution in [0.2, 0.25) is 0 Å². The van der Waals surface area contributed by atoms with Gasteiger partial charge in [0.1, 0.15) is 29.9 Å². The molecule has 1 heterocycles. The molecule has 13 heteroatoms. The number of benzene rings is 5. The van der Waals surface area contributed by atoms with E-state index in [4.69, 9.17) is 24.2 Å². The number of aliphatic hydroxyl groups excluding tert-OH is 2. The fourth-order valence-electron chi connectivity index (χ4n) is 10.1. The number of ether oxygens (including phenoxy) is 3. The van der Waals surface area contributed by atoms with Crippen molar-refractivity contribution in [2.75, 3.05) is 26.9 Å². The molecule has 1 fully saturated rings. The maximum atomic E-state index is 14.7. The topological polar surface area (TPSA) is 177 Å². The molecule has 2 aliphatic carbocycles. The SMILES string of the molecule is C=CCOC12Oc3ccc(Oc4ccc5ccccc5c4)cc3C3C(CCCCO)C(CCCCO)C=C(C(=NOCc4ccc([N+](=O)[O-])cc4)CC1N(C)C(=O)c1ccc(C#N)cc1)C32. The summed E-state index contributed by atoms with van der Waals surface area (Å²) < 4.78 is 21.0. The predicted molar refractivity (Wildman–Crippen MR) is 250 cm³/mol. The molecular formula is C53H54N4O9. The van der Waals surface area contributed by atoms with Crippen molar-refractivity contribution in [1.82, 2.24) is 4.90 Å². The van der Waals surface area contributed by atoms with Gasteiger partial charge < -0.3 is 34.2 Å². The van der Waals surface area contributed by atoms with Crippen molar-refractivity contribution in [3.8, 4) is 23.3 Å². The van der Waals surface area contributed by atoms with Gasteiger partial charge in [-0.2, -0.15) is 5.26 Å². The lowest BCUT2D eigenvalue weighted by Crippen LogP contribution is -2.69. The summed E-state index contributed by atoms with van der Waals surface area (Å²) in [6, 6.07) is 33.9. The molecule has 1 amide bonds. The first kappa shape index (κ1) is 45.7. The third kappa shape index (κ3) is 9.44. The maximum Gasteiger partial charge on any atom is 0.269 e. The number of allylic oxidation sites excluding steroid dienone is 1. The van der Waals surface area contributed by atoms with Crippen LogP contribution in [0.3, 0.4) is 0 Å². The summed E-state index contributed by atoms with van der Waals surface area (Å²) >= 11 is 0. The highest BCUT2D eigenvalue weighted by atomic mass is 16.7. The van der Waals surface area contributed by atoms with E-state index >= 15 is 0 Å². The first-order chi connectivity index (χ1) is 32.2. The van der Waals surface area contributed by atoms with Crippen molar-refractivity contribution in [1.29, 1.82) is 5.26 Å². The number of hydrogen-bond acceptors (Lipinski definition) is 11. The van der Waals surface area contributed by atoms with Gasteiger partial charge in [-0.05, 0) is 126 Å². The zero-order valence-corrected chi connectivity index (χ0v) is 37.0. The molecule has 3 aliphatic rings. The second-order valence-electron chi connectivity index (χ2n) is 17.2. The molecule has 6 atom stereocenters. The number of non-ortho nitro benzene ring substituents is 1. The minimum absolute atomic E-state index is 0.00479. The van der Waals surface area contributed by atoms with E-state index in [1.807, 2.05) is 48.5 Å². The number of fused-ring (bicyclic) bond motifs is 3. The zero-order chi connectivity index (χ0) is 46.2. The Balaban J connectivity index is 1.29. The van der Waals surface area contributed by atoms with Gasteiger partial charge in [0.2, 0.25) is 5.79 Å². The summed E-state index contributed by atoms with van der Waals surface area (Å²) in [5.41, 5.74) is 3.83. The lowest BCUT2D eigenvalue weighted by Gasteiger charge is -2.59. The molecule has 13 nitrogen and oxygen atoms in total. The molecular weight excluding hydrogens is 837 g/mol. The molecule has 0 aromatic heterocycles. The Morgan fingerprint density at radius 2 is 1.67 bits per heavy atom. The minimum Gasteiger partial charge on any atom is -0.459 e. The summed E-state index contributed by atoms with van der Waals surface area (Å²) in [6.45, 7) is 4.27. The molecule has 0 radical (unpaired) electrons. The number of likely N-dealkylation sites (N-methyl/N-ethyl adjacent to an activating group) is 1. The van der Waals surface area contributed by atoms with Crippen molar-refractivity contribution in [2.45, 2.75) is 69.3 Å². The van der Waals surface area contributed by atoms with Crippen molar-refractivity contribution >= 4 is 28.1 Å². The van der Waals surface area contributed by atoms with Crippen LogP contribution in [0.25, 0.3) is 10.8 Å². The molecule has 5 aromatic rings. The van der Waals surface area contributed by atoms with E-state index in [1.54, 1.807) is 54.4 Å². The Morgan fingerprint density at radius 1 is 0.955 bits per heavy atom. The smallest absolute Gasteiger partial charge is 0.269 e. The molecule has 66 heavy (non-hydrogen) atoms. The number of nitro benzene ring substituents is 1. The molecule has 0 saturated heterocycles. The molecule has 0 bridgehead atoms. The Bertz CT molecular complexity index is 2660.